The van der Waals surface area contributed by atoms with E-state index in [0.717, 1.165) is 19.4 Å². The third kappa shape index (κ3) is 2.97. The maximum Gasteiger partial charge on any atom is 0.307 e. The van der Waals surface area contributed by atoms with Gasteiger partial charge in [-0.05, 0) is 31.6 Å². The minimum absolute atomic E-state index is 0.103. The molecule has 0 spiro atoms. The van der Waals surface area contributed by atoms with Crippen molar-refractivity contribution in [2.24, 2.45) is 17.8 Å². The maximum absolute atomic E-state index is 11.8. The predicted octanol–water partition coefficient (Wildman–Crippen LogP) is 0.640. The van der Waals surface area contributed by atoms with Gasteiger partial charge in [-0.1, -0.05) is 0 Å². The molecule has 1 saturated carbocycles. The average molecular weight is 241 g/mol. The van der Waals surface area contributed by atoms with E-state index in [1.54, 1.807) is 0 Å². The van der Waals surface area contributed by atoms with Gasteiger partial charge in [0.2, 0.25) is 5.91 Å². The molecule has 0 aromatic heterocycles. The quantitative estimate of drug-likeness (QED) is 0.757. The van der Waals surface area contributed by atoms with Gasteiger partial charge in [-0.3, -0.25) is 9.59 Å². The van der Waals surface area contributed by atoms with E-state index in [9.17, 15) is 9.59 Å². The van der Waals surface area contributed by atoms with Gasteiger partial charge in [0.25, 0.3) is 0 Å². The van der Waals surface area contributed by atoms with Gasteiger partial charge in [-0.2, -0.15) is 0 Å². The first-order chi connectivity index (χ1) is 8.18. The summed E-state index contributed by atoms with van der Waals surface area (Å²) in [5, 5.41) is 11.7. The number of amides is 1. The van der Waals surface area contributed by atoms with Gasteiger partial charge in [-0.25, -0.2) is 0 Å². The summed E-state index contributed by atoms with van der Waals surface area (Å²) in [6.07, 6.45) is 3.44. The summed E-state index contributed by atoms with van der Waals surface area (Å²) in [7, 11) is 0. The van der Waals surface area contributed by atoms with Crippen molar-refractivity contribution in [1.82, 2.24) is 5.32 Å². The van der Waals surface area contributed by atoms with Crippen LogP contribution in [0.3, 0.4) is 0 Å². The number of carbonyl (C=O) groups is 2. The molecular weight excluding hydrogens is 222 g/mol. The molecule has 5 nitrogen and oxygen atoms in total. The summed E-state index contributed by atoms with van der Waals surface area (Å²) < 4.78 is 5.33. The van der Waals surface area contributed by atoms with Crippen LogP contribution in [0.4, 0.5) is 0 Å². The topological polar surface area (TPSA) is 75.6 Å². The first kappa shape index (κ1) is 12.4. The molecule has 5 heteroatoms. The number of carboxylic acid groups (broad SMARTS) is 1. The third-order valence-electron chi connectivity index (χ3n) is 3.75. The average Bonchev–Trinajstić information content (AvgIpc) is 2.25. The molecule has 96 valence electrons. The van der Waals surface area contributed by atoms with Crippen LogP contribution in [0.25, 0.3) is 0 Å². The predicted molar refractivity (Wildman–Crippen MR) is 60.4 cm³/mol. The molecular formula is C12H19NO4. The molecule has 3 atom stereocenters. The van der Waals surface area contributed by atoms with Crippen LogP contribution >= 0.6 is 0 Å². The lowest BCUT2D eigenvalue weighted by Gasteiger charge is -2.32. The highest BCUT2D eigenvalue weighted by molar-refractivity contribution is 5.86. The molecule has 1 amide bonds. The molecule has 2 aliphatic rings. The number of nitrogens with one attached hydrogen (secondary N) is 1. The van der Waals surface area contributed by atoms with Crippen LogP contribution in [0.15, 0.2) is 0 Å². The molecule has 1 heterocycles. The van der Waals surface area contributed by atoms with Gasteiger partial charge < -0.3 is 15.2 Å². The minimum Gasteiger partial charge on any atom is -0.481 e. The van der Waals surface area contributed by atoms with Gasteiger partial charge in [0, 0.05) is 13.2 Å². The lowest BCUT2D eigenvalue weighted by molar-refractivity contribution is -0.152. The Morgan fingerprint density at radius 2 is 2.00 bits per heavy atom. The van der Waals surface area contributed by atoms with E-state index in [1.807, 2.05) is 0 Å². The Hall–Kier alpha value is -1.10. The Morgan fingerprint density at radius 1 is 1.24 bits per heavy atom. The zero-order valence-corrected chi connectivity index (χ0v) is 9.85. The van der Waals surface area contributed by atoms with Gasteiger partial charge in [0.1, 0.15) is 0 Å². The maximum atomic E-state index is 11.8. The fourth-order valence-electron chi connectivity index (χ4n) is 2.45. The SMILES string of the molecule is O=C(O)C1CCC1C(=O)NCC1CCCOC1. The standard InChI is InChI=1S/C12H19NO4/c14-11(9-3-4-10(9)12(15)16)13-6-8-2-1-5-17-7-8/h8-10H,1-7H2,(H,13,14)(H,15,16). The lowest BCUT2D eigenvalue weighted by Crippen LogP contribution is -2.45. The summed E-state index contributed by atoms with van der Waals surface area (Å²) >= 11 is 0. The van der Waals surface area contributed by atoms with Crippen molar-refractivity contribution in [3.63, 3.8) is 0 Å². The van der Waals surface area contributed by atoms with Crippen molar-refractivity contribution in [2.75, 3.05) is 19.8 Å². The van der Waals surface area contributed by atoms with Crippen LogP contribution in [0.1, 0.15) is 25.7 Å². The summed E-state index contributed by atoms with van der Waals surface area (Å²) in [4.78, 5) is 22.6. The molecule has 0 aromatic carbocycles. The van der Waals surface area contributed by atoms with Gasteiger partial charge in [0.05, 0.1) is 18.4 Å². The van der Waals surface area contributed by atoms with E-state index in [-0.39, 0.29) is 11.8 Å². The van der Waals surface area contributed by atoms with Crippen LogP contribution < -0.4 is 5.32 Å². The van der Waals surface area contributed by atoms with Crippen molar-refractivity contribution in [3.05, 3.63) is 0 Å². The molecule has 2 fully saturated rings. The smallest absolute Gasteiger partial charge is 0.307 e. The number of carboxylic acids is 1. The van der Waals surface area contributed by atoms with E-state index >= 15 is 0 Å². The van der Waals surface area contributed by atoms with Gasteiger partial charge in [-0.15, -0.1) is 0 Å². The number of ether oxygens (including phenoxy) is 1. The van der Waals surface area contributed by atoms with Crippen molar-refractivity contribution in [2.45, 2.75) is 25.7 Å². The Bertz CT molecular complexity index is 299. The molecule has 17 heavy (non-hydrogen) atoms. The summed E-state index contributed by atoms with van der Waals surface area (Å²) in [5.74, 6) is -1.36. The first-order valence-electron chi connectivity index (χ1n) is 6.26. The first-order valence-corrected chi connectivity index (χ1v) is 6.26. The Kier molecular flexibility index (Phi) is 3.99. The van der Waals surface area contributed by atoms with E-state index in [2.05, 4.69) is 5.32 Å². The molecule has 2 N–H and O–H groups in total. The Labute approximate surface area is 101 Å². The van der Waals surface area contributed by atoms with Gasteiger partial charge >= 0.3 is 5.97 Å². The van der Waals surface area contributed by atoms with Crippen molar-refractivity contribution < 1.29 is 19.4 Å². The van der Waals surface area contributed by atoms with Crippen molar-refractivity contribution in [1.29, 1.82) is 0 Å². The van der Waals surface area contributed by atoms with Crippen LogP contribution in [-0.4, -0.2) is 36.7 Å². The zero-order chi connectivity index (χ0) is 12.3. The highest BCUT2D eigenvalue weighted by Crippen LogP contribution is 2.34. The molecule has 2 rings (SSSR count). The second-order valence-corrected chi connectivity index (χ2v) is 4.96. The molecule has 0 bridgehead atoms. The van der Waals surface area contributed by atoms with Gasteiger partial charge in [0.15, 0.2) is 0 Å². The van der Waals surface area contributed by atoms with E-state index < -0.39 is 11.9 Å². The fourth-order valence-corrected chi connectivity index (χ4v) is 2.45. The minimum atomic E-state index is -0.850. The molecule has 0 aromatic rings. The largest absolute Gasteiger partial charge is 0.481 e. The van der Waals surface area contributed by atoms with Crippen LogP contribution in [0.2, 0.25) is 0 Å². The van der Waals surface area contributed by atoms with E-state index in [4.69, 9.17) is 9.84 Å². The Morgan fingerprint density at radius 3 is 2.53 bits per heavy atom. The summed E-state index contributed by atoms with van der Waals surface area (Å²) in [5.41, 5.74) is 0. The van der Waals surface area contributed by atoms with Crippen LogP contribution in [0, 0.1) is 17.8 Å². The summed E-state index contributed by atoms with van der Waals surface area (Å²) in [6.45, 7) is 2.13. The molecule has 3 unspecified atom stereocenters. The van der Waals surface area contributed by atoms with Crippen molar-refractivity contribution in [3.8, 4) is 0 Å². The van der Waals surface area contributed by atoms with Crippen molar-refractivity contribution >= 4 is 11.9 Å². The lowest BCUT2D eigenvalue weighted by atomic mass is 9.73. The second-order valence-electron chi connectivity index (χ2n) is 4.96. The summed E-state index contributed by atoms with van der Waals surface area (Å²) in [6, 6.07) is 0. The molecule has 1 saturated heterocycles. The highest BCUT2D eigenvalue weighted by Gasteiger charge is 2.41. The normalized spacial score (nSPS) is 32.6. The van der Waals surface area contributed by atoms with Crippen LogP contribution in [0.5, 0.6) is 0 Å². The van der Waals surface area contributed by atoms with Crippen LogP contribution in [-0.2, 0) is 14.3 Å². The monoisotopic (exact) mass is 241 g/mol. The second kappa shape index (κ2) is 5.49. The number of rotatable bonds is 4. The number of hydrogen-bond donors (Lipinski definition) is 2. The Balaban J connectivity index is 1.71. The number of aliphatic carboxylic acids is 1. The molecule has 1 aliphatic carbocycles. The molecule has 0 radical (unpaired) electrons. The molecule has 1 aliphatic heterocycles. The van der Waals surface area contributed by atoms with E-state index in [0.29, 0.717) is 31.9 Å². The van der Waals surface area contributed by atoms with E-state index in [1.165, 1.54) is 0 Å². The number of carbonyl (C=O) groups excluding carboxylic acids is 1. The third-order valence-corrected chi connectivity index (χ3v) is 3.75. The highest BCUT2D eigenvalue weighted by atomic mass is 16.5. The fraction of sp³-hybridized carbons (Fsp3) is 0.833. The zero-order valence-electron chi connectivity index (χ0n) is 9.85. The number of hydrogen-bond acceptors (Lipinski definition) is 3.